The van der Waals surface area contributed by atoms with Crippen LogP contribution in [0.2, 0.25) is 0 Å². The Labute approximate surface area is 176 Å². The van der Waals surface area contributed by atoms with E-state index in [-0.39, 0.29) is 11.7 Å². The lowest BCUT2D eigenvalue weighted by Gasteiger charge is -2.12. The van der Waals surface area contributed by atoms with Crippen molar-refractivity contribution in [1.29, 1.82) is 0 Å². The number of rotatable bonds is 6. The van der Waals surface area contributed by atoms with E-state index in [1.165, 1.54) is 35.2 Å². The van der Waals surface area contributed by atoms with Crippen LogP contribution in [0.1, 0.15) is 16.6 Å². The van der Waals surface area contributed by atoms with Crippen LogP contribution in [-0.2, 0) is 4.79 Å². The number of methoxy groups -OCH3 is 1. The van der Waals surface area contributed by atoms with E-state index in [9.17, 15) is 14.0 Å². The van der Waals surface area contributed by atoms with Crippen molar-refractivity contribution in [2.45, 2.75) is 17.1 Å². The van der Waals surface area contributed by atoms with E-state index in [4.69, 9.17) is 4.74 Å². The molecule has 1 heterocycles. The van der Waals surface area contributed by atoms with Crippen LogP contribution in [0.5, 0.6) is 5.75 Å². The number of benzene rings is 2. The highest BCUT2D eigenvalue weighted by Crippen LogP contribution is 2.28. The smallest absolute Gasteiger partial charge is 0.279 e. The summed E-state index contributed by atoms with van der Waals surface area (Å²) in [6, 6.07) is 16.9. The Hall–Kier alpha value is -2.84. The molecule has 8 heteroatoms. The lowest BCUT2D eigenvalue weighted by molar-refractivity contribution is -0.121. The zero-order valence-corrected chi connectivity index (χ0v) is 17.4. The first kappa shape index (κ1) is 20.9. The SMILES string of the molecule is COc1ccc(SC(C)C(=O)NNC(=O)c2ccc(-c3ccc(F)cc3)s2)cc1. The number of thiophene rings is 1. The Balaban J connectivity index is 1.53. The molecule has 2 aromatic carbocycles. The van der Waals surface area contributed by atoms with E-state index < -0.39 is 11.2 Å². The number of carbonyl (C=O) groups excluding carboxylic acids is 2. The second kappa shape index (κ2) is 9.58. The molecular formula is C21H19FN2O3S2. The van der Waals surface area contributed by atoms with Crippen molar-refractivity contribution in [1.82, 2.24) is 10.9 Å². The van der Waals surface area contributed by atoms with Crippen LogP contribution >= 0.6 is 23.1 Å². The molecule has 0 aliphatic carbocycles. The third-order valence-electron chi connectivity index (χ3n) is 4.00. The molecule has 0 bridgehead atoms. The Bertz CT molecular complexity index is 988. The lowest BCUT2D eigenvalue weighted by Crippen LogP contribution is -2.44. The highest BCUT2D eigenvalue weighted by Gasteiger charge is 2.16. The lowest BCUT2D eigenvalue weighted by atomic mass is 10.2. The number of hydrazine groups is 1. The van der Waals surface area contributed by atoms with E-state index in [1.807, 2.05) is 24.3 Å². The summed E-state index contributed by atoms with van der Waals surface area (Å²) in [5.74, 6) is -0.282. The minimum Gasteiger partial charge on any atom is -0.497 e. The Morgan fingerprint density at radius 3 is 2.34 bits per heavy atom. The van der Waals surface area contributed by atoms with Gasteiger partial charge in [0.2, 0.25) is 0 Å². The molecule has 0 spiro atoms. The molecule has 0 radical (unpaired) electrons. The van der Waals surface area contributed by atoms with Crippen molar-refractivity contribution in [3.8, 4) is 16.2 Å². The van der Waals surface area contributed by atoms with Crippen LogP contribution in [0.4, 0.5) is 4.39 Å². The average molecular weight is 431 g/mol. The van der Waals surface area contributed by atoms with Crippen molar-refractivity contribution in [2.24, 2.45) is 0 Å². The van der Waals surface area contributed by atoms with Gasteiger partial charge in [0, 0.05) is 9.77 Å². The number of amides is 2. The summed E-state index contributed by atoms with van der Waals surface area (Å²) in [4.78, 5) is 26.8. The van der Waals surface area contributed by atoms with Crippen LogP contribution in [0.3, 0.4) is 0 Å². The van der Waals surface area contributed by atoms with Gasteiger partial charge >= 0.3 is 0 Å². The van der Waals surface area contributed by atoms with Crippen LogP contribution in [0, 0.1) is 5.82 Å². The molecule has 0 aliphatic rings. The second-order valence-corrected chi connectivity index (χ2v) is 8.55. The fraction of sp³-hybridized carbons (Fsp3) is 0.143. The first-order chi connectivity index (χ1) is 14.0. The largest absolute Gasteiger partial charge is 0.497 e. The molecular weight excluding hydrogens is 411 g/mol. The van der Waals surface area contributed by atoms with Gasteiger partial charge in [0.05, 0.1) is 17.2 Å². The van der Waals surface area contributed by atoms with Crippen LogP contribution in [0.15, 0.2) is 65.6 Å². The van der Waals surface area contributed by atoms with Gasteiger partial charge in [-0.25, -0.2) is 4.39 Å². The van der Waals surface area contributed by atoms with E-state index in [1.54, 1.807) is 38.3 Å². The maximum Gasteiger partial charge on any atom is 0.279 e. The fourth-order valence-electron chi connectivity index (χ4n) is 2.42. The van der Waals surface area contributed by atoms with E-state index in [2.05, 4.69) is 10.9 Å². The third kappa shape index (κ3) is 5.58. The zero-order valence-electron chi connectivity index (χ0n) is 15.8. The van der Waals surface area contributed by atoms with Crippen molar-refractivity contribution in [3.05, 3.63) is 71.4 Å². The van der Waals surface area contributed by atoms with Gasteiger partial charge in [0.15, 0.2) is 0 Å². The maximum absolute atomic E-state index is 13.0. The van der Waals surface area contributed by atoms with E-state index >= 15 is 0 Å². The van der Waals surface area contributed by atoms with Crippen LogP contribution in [0.25, 0.3) is 10.4 Å². The monoisotopic (exact) mass is 430 g/mol. The molecule has 0 saturated carbocycles. The molecule has 2 amide bonds. The Kier molecular flexibility index (Phi) is 6.90. The standard InChI is InChI=1S/C21H19FN2O3S2/c1-13(28-17-9-7-16(27-2)8-10-17)20(25)23-24-21(26)19-12-11-18(29-19)14-3-5-15(22)6-4-14/h3-13H,1-2H3,(H,23,25)(H,24,26). The summed E-state index contributed by atoms with van der Waals surface area (Å²) in [5, 5.41) is -0.401. The molecule has 0 saturated heterocycles. The topological polar surface area (TPSA) is 67.4 Å². The molecule has 3 rings (SSSR count). The third-order valence-corrected chi connectivity index (χ3v) is 6.24. The van der Waals surface area contributed by atoms with Gasteiger partial charge in [-0.1, -0.05) is 12.1 Å². The van der Waals surface area contributed by atoms with Gasteiger partial charge in [-0.15, -0.1) is 23.1 Å². The molecule has 29 heavy (non-hydrogen) atoms. The first-order valence-corrected chi connectivity index (χ1v) is 10.4. The molecule has 1 aromatic heterocycles. The summed E-state index contributed by atoms with van der Waals surface area (Å²) in [6.45, 7) is 1.76. The summed E-state index contributed by atoms with van der Waals surface area (Å²) in [5.41, 5.74) is 5.71. The van der Waals surface area contributed by atoms with Gasteiger partial charge in [-0.05, 0) is 61.0 Å². The second-order valence-electron chi connectivity index (χ2n) is 6.05. The van der Waals surface area contributed by atoms with Crippen molar-refractivity contribution < 1.29 is 18.7 Å². The number of carbonyl (C=O) groups is 2. The molecule has 0 aliphatic heterocycles. The predicted molar refractivity (Wildman–Crippen MR) is 114 cm³/mol. The van der Waals surface area contributed by atoms with E-state index in [0.29, 0.717) is 4.88 Å². The van der Waals surface area contributed by atoms with Gasteiger partial charge in [0.25, 0.3) is 11.8 Å². The Morgan fingerprint density at radius 2 is 1.69 bits per heavy atom. The minimum absolute atomic E-state index is 0.311. The van der Waals surface area contributed by atoms with Gasteiger partial charge in [-0.3, -0.25) is 20.4 Å². The van der Waals surface area contributed by atoms with Crippen molar-refractivity contribution >= 4 is 34.9 Å². The summed E-state index contributed by atoms with van der Waals surface area (Å²) < 4.78 is 18.2. The predicted octanol–water partition coefficient (Wildman–Crippen LogP) is 4.50. The van der Waals surface area contributed by atoms with E-state index in [0.717, 1.165) is 21.1 Å². The first-order valence-electron chi connectivity index (χ1n) is 8.73. The van der Waals surface area contributed by atoms with Crippen LogP contribution < -0.4 is 15.6 Å². The molecule has 3 aromatic rings. The van der Waals surface area contributed by atoms with Crippen LogP contribution in [-0.4, -0.2) is 24.2 Å². The van der Waals surface area contributed by atoms with Gasteiger partial charge in [-0.2, -0.15) is 0 Å². The maximum atomic E-state index is 13.0. The minimum atomic E-state index is -0.404. The summed E-state index contributed by atoms with van der Waals surface area (Å²) >= 11 is 2.64. The Morgan fingerprint density at radius 1 is 1.00 bits per heavy atom. The molecule has 1 unspecified atom stereocenters. The molecule has 5 nitrogen and oxygen atoms in total. The highest BCUT2D eigenvalue weighted by molar-refractivity contribution is 8.00. The number of hydrogen-bond donors (Lipinski definition) is 2. The van der Waals surface area contributed by atoms with Gasteiger partial charge < -0.3 is 4.74 Å². The number of nitrogens with one attached hydrogen (secondary N) is 2. The number of hydrogen-bond acceptors (Lipinski definition) is 5. The number of halogens is 1. The van der Waals surface area contributed by atoms with Crippen molar-refractivity contribution in [2.75, 3.05) is 7.11 Å². The van der Waals surface area contributed by atoms with Crippen molar-refractivity contribution in [3.63, 3.8) is 0 Å². The molecule has 150 valence electrons. The highest BCUT2D eigenvalue weighted by atomic mass is 32.2. The normalized spacial score (nSPS) is 11.6. The molecule has 2 N–H and O–H groups in total. The zero-order chi connectivity index (χ0) is 20.8. The molecule has 1 atom stereocenters. The quantitative estimate of drug-likeness (QED) is 0.446. The van der Waals surface area contributed by atoms with Gasteiger partial charge in [0.1, 0.15) is 11.6 Å². The molecule has 0 fully saturated rings. The summed E-state index contributed by atoms with van der Waals surface area (Å²) in [6.07, 6.45) is 0. The fourth-order valence-corrected chi connectivity index (χ4v) is 4.20. The number of thioether (sulfide) groups is 1. The average Bonchev–Trinajstić information content (AvgIpc) is 3.23. The summed E-state index contributed by atoms with van der Waals surface area (Å²) in [7, 11) is 1.59. The number of ether oxygens (including phenoxy) is 1.